The van der Waals surface area contributed by atoms with E-state index < -0.39 is 6.17 Å². The molecule has 0 amide bonds. The first kappa shape index (κ1) is 27.4. The van der Waals surface area contributed by atoms with Gasteiger partial charge in [-0.1, -0.05) is 70.4 Å². The molecule has 5 heterocycles. The van der Waals surface area contributed by atoms with Crippen LogP contribution in [0.5, 0.6) is 0 Å². The molecular weight excluding hydrogens is 771 g/mol. The van der Waals surface area contributed by atoms with Crippen molar-refractivity contribution in [3.63, 3.8) is 0 Å². The van der Waals surface area contributed by atoms with Gasteiger partial charge < -0.3 is 8.97 Å². The van der Waals surface area contributed by atoms with E-state index in [1.165, 1.54) is 20.2 Å². The Bertz CT molecular complexity index is 2800. The maximum Gasteiger partial charge on any atom is 2.00 e. The number of rotatable bonds is 3. The molecule has 1 unspecified atom stereocenters. The molecule has 10 rings (SSSR count). The van der Waals surface area contributed by atoms with Gasteiger partial charge >= 0.3 is 21.1 Å². The molecule has 10 aromatic rings. The molecule has 4 nitrogen and oxygen atoms in total. The van der Waals surface area contributed by atoms with Crippen molar-refractivity contribution in [1.29, 1.82) is 0 Å². The third-order valence-corrected chi connectivity index (χ3v) is 10.1. The second-order valence-electron chi connectivity index (χ2n) is 11.3. The molecule has 1 atom stereocenters. The van der Waals surface area contributed by atoms with Crippen molar-refractivity contribution < 1.29 is 25.5 Å². The molecule has 0 aliphatic rings. The fraction of sp³-hybridized carbons (Fsp3) is 0.0256. The molecule has 0 aliphatic carbocycles. The average molecular weight is 792 g/mol. The molecule has 7 heteroatoms. The standard InChI is InChI=1S/C39H21FN4S.Pt/c40-37(23-12-14-25-26-7-1-3-9-31(26)43-20-19-42-39(43)30(25)21-23)24-13-15-29-33(22-24)44(35-11-5-6-18-41-35)32-17-16-28-27-8-2-4-10-34(27)45-38(28)36(29)32;/h1-20,37H;/q-2;+2. The number of alkyl halides is 1. The monoisotopic (exact) mass is 791 g/mol. The zero-order valence-corrected chi connectivity index (χ0v) is 27.1. The Morgan fingerprint density at radius 1 is 0.652 bits per heavy atom. The fourth-order valence-corrected chi connectivity index (χ4v) is 8.17. The summed E-state index contributed by atoms with van der Waals surface area (Å²) in [6.45, 7) is 0. The molecule has 0 spiro atoms. The number of pyridine rings is 2. The molecule has 0 aliphatic heterocycles. The van der Waals surface area contributed by atoms with Gasteiger partial charge in [-0.2, -0.15) is 18.2 Å². The molecular formula is C39H21FN4PtS. The number of aromatic nitrogens is 4. The Kier molecular flexibility index (Phi) is 6.15. The minimum atomic E-state index is -1.43. The van der Waals surface area contributed by atoms with Crippen LogP contribution in [0.15, 0.2) is 122 Å². The largest absolute Gasteiger partial charge is 2.00 e. The quantitative estimate of drug-likeness (QED) is 0.132. The molecule has 220 valence electrons. The number of nitrogens with zero attached hydrogens (tertiary/aromatic N) is 4. The van der Waals surface area contributed by atoms with Gasteiger partial charge in [0.15, 0.2) is 0 Å². The second kappa shape index (κ2) is 10.3. The molecule has 0 bridgehead atoms. The van der Waals surface area contributed by atoms with E-state index >= 15 is 4.39 Å². The van der Waals surface area contributed by atoms with E-state index in [0.717, 1.165) is 54.9 Å². The number of hydrogen-bond donors (Lipinski definition) is 0. The van der Waals surface area contributed by atoms with Gasteiger partial charge in [-0.05, 0) is 41.1 Å². The summed E-state index contributed by atoms with van der Waals surface area (Å²) < 4.78 is 23.2. The number of fused-ring (bicyclic) bond motifs is 13. The first-order chi connectivity index (χ1) is 22.2. The second-order valence-corrected chi connectivity index (χ2v) is 12.4. The maximum atomic E-state index is 16.6. The molecule has 0 saturated carbocycles. The van der Waals surface area contributed by atoms with Crippen LogP contribution in [-0.2, 0) is 21.1 Å². The maximum absolute atomic E-state index is 16.6. The minimum Gasteiger partial charge on any atom is -0.340 e. The number of hydrogen-bond acceptors (Lipinski definition) is 3. The summed E-state index contributed by atoms with van der Waals surface area (Å²) in [7, 11) is 0. The number of halogens is 1. The van der Waals surface area contributed by atoms with Crippen LogP contribution in [0.4, 0.5) is 4.39 Å². The SMILES string of the molecule is FC(c1[c-]c2c(cc1)c1ccccc1n1ccnc21)c1[c-]c2c(cc1)c1c3sc4ccccc4c3ccc1n2-c1ccccn1.[Pt+2]. The van der Waals surface area contributed by atoms with Crippen LogP contribution >= 0.6 is 11.3 Å². The number of thiophene rings is 1. The Morgan fingerprint density at radius 2 is 1.41 bits per heavy atom. The van der Waals surface area contributed by atoms with Gasteiger partial charge in [0, 0.05) is 49.8 Å². The van der Waals surface area contributed by atoms with Crippen molar-refractivity contribution in [2.24, 2.45) is 0 Å². The minimum absolute atomic E-state index is 0. The molecule has 0 radical (unpaired) electrons. The van der Waals surface area contributed by atoms with Crippen LogP contribution < -0.4 is 0 Å². The summed E-state index contributed by atoms with van der Waals surface area (Å²) in [5, 5.41) is 7.51. The average Bonchev–Trinajstić information content (AvgIpc) is 3.82. The van der Waals surface area contributed by atoms with E-state index in [0.29, 0.717) is 11.1 Å². The predicted molar refractivity (Wildman–Crippen MR) is 182 cm³/mol. The molecule has 0 fully saturated rings. The number of benzene rings is 5. The number of imidazole rings is 1. The van der Waals surface area contributed by atoms with Gasteiger partial charge in [0.05, 0.1) is 5.65 Å². The normalized spacial score (nSPS) is 12.6. The van der Waals surface area contributed by atoms with Crippen molar-refractivity contribution in [2.75, 3.05) is 0 Å². The van der Waals surface area contributed by atoms with Crippen LogP contribution in [0.25, 0.3) is 75.1 Å². The summed E-state index contributed by atoms with van der Waals surface area (Å²) in [5.74, 6) is 0.771. The number of para-hydroxylation sites is 1. The van der Waals surface area contributed by atoms with Crippen LogP contribution in [-0.4, -0.2) is 18.9 Å². The van der Waals surface area contributed by atoms with E-state index in [2.05, 4.69) is 70.2 Å². The van der Waals surface area contributed by atoms with E-state index in [-0.39, 0.29) is 21.1 Å². The predicted octanol–water partition coefficient (Wildman–Crippen LogP) is 10.2. The summed E-state index contributed by atoms with van der Waals surface area (Å²) in [6, 6.07) is 41.6. The van der Waals surface area contributed by atoms with Crippen molar-refractivity contribution in [1.82, 2.24) is 18.9 Å². The van der Waals surface area contributed by atoms with Crippen LogP contribution in [0.1, 0.15) is 17.3 Å². The summed E-state index contributed by atoms with van der Waals surface area (Å²) in [4.78, 5) is 9.31. The molecule has 0 N–H and O–H groups in total. The van der Waals surface area contributed by atoms with E-state index in [1.54, 1.807) is 23.7 Å². The summed E-state index contributed by atoms with van der Waals surface area (Å²) >= 11 is 1.79. The van der Waals surface area contributed by atoms with Crippen molar-refractivity contribution in [3.8, 4) is 5.82 Å². The van der Waals surface area contributed by atoms with Crippen LogP contribution in [0.3, 0.4) is 0 Å². The van der Waals surface area contributed by atoms with Gasteiger partial charge in [-0.15, -0.1) is 40.5 Å². The molecule has 5 aromatic heterocycles. The van der Waals surface area contributed by atoms with E-state index in [1.807, 2.05) is 65.2 Å². The smallest absolute Gasteiger partial charge is 0.340 e. The summed E-state index contributed by atoms with van der Waals surface area (Å²) in [5.41, 5.74) is 4.55. The van der Waals surface area contributed by atoms with Crippen LogP contribution in [0, 0.1) is 12.1 Å². The topological polar surface area (TPSA) is 35.1 Å². The zero-order chi connectivity index (χ0) is 29.6. The summed E-state index contributed by atoms with van der Waals surface area (Å²) in [6.07, 6.45) is 4.08. The van der Waals surface area contributed by atoms with Gasteiger partial charge in [-0.3, -0.25) is 4.98 Å². The Labute approximate surface area is 280 Å². The van der Waals surface area contributed by atoms with Crippen molar-refractivity contribution in [2.45, 2.75) is 6.17 Å². The van der Waals surface area contributed by atoms with Gasteiger partial charge in [-0.25, -0.2) is 9.37 Å². The van der Waals surface area contributed by atoms with Crippen molar-refractivity contribution in [3.05, 3.63) is 145 Å². The molecule has 0 saturated heterocycles. The Morgan fingerprint density at radius 3 is 2.28 bits per heavy atom. The van der Waals surface area contributed by atoms with Gasteiger partial charge in [0.25, 0.3) is 0 Å². The molecule has 46 heavy (non-hydrogen) atoms. The fourth-order valence-electron chi connectivity index (χ4n) is 6.91. The van der Waals surface area contributed by atoms with E-state index in [9.17, 15) is 0 Å². The third kappa shape index (κ3) is 3.81. The zero-order valence-electron chi connectivity index (χ0n) is 24.0. The van der Waals surface area contributed by atoms with Crippen LogP contribution in [0.2, 0.25) is 0 Å². The van der Waals surface area contributed by atoms with E-state index in [4.69, 9.17) is 4.98 Å². The third-order valence-electron chi connectivity index (χ3n) is 8.92. The Balaban J connectivity index is 0.00000292. The van der Waals surface area contributed by atoms with Gasteiger partial charge in [0.1, 0.15) is 12.0 Å². The Hall–Kier alpha value is -4.90. The first-order valence-corrected chi connectivity index (χ1v) is 15.6. The van der Waals surface area contributed by atoms with Crippen molar-refractivity contribution >= 4 is 80.6 Å². The van der Waals surface area contributed by atoms with Gasteiger partial charge in [0.2, 0.25) is 0 Å². The first-order valence-electron chi connectivity index (χ1n) is 14.8. The molecule has 5 aromatic carbocycles.